The Morgan fingerprint density at radius 3 is 2.58 bits per heavy atom. The molecular weight excluding hydrogens is 374 g/mol. The molecule has 3 atom stereocenters. The van der Waals surface area contributed by atoms with Crippen LogP contribution in [0.15, 0.2) is 12.1 Å². The zero-order valence-electron chi connectivity index (χ0n) is 13.5. The van der Waals surface area contributed by atoms with Crippen LogP contribution in [0, 0.1) is 11.7 Å². The Morgan fingerprint density at radius 2 is 1.96 bits per heavy atom. The molecule has 3 unspecified atom stereocenters. The van der Waals surface area contributed by atoms with Crippen LogP contribution in [-0.2, 0) is 4.79 Å². The lowest BCUT2D eigenvalue weighted by Gasteiger charge is -2.29. The van der Waals surface area contributed by atoms with Gasteiger partial charge in [-0.25, -0.2) is 4.39 Å². The first-order valence-corrected chi connectivity index (χ1v) is 8.88. The summed E-state index contributed by atoms with van der Waals surface area (Å²) in [5.41, 5.74) is 0.437. The fourth-order valence-corrected chi connectivity index (χ4v) is 4.61. The molecule has 0 saturated carbocycles. The topological polar surface area (TPSA) is 41.1 Å². The first-order chi connectivity index (χ1) is 10.9. The summed E-state index contributed by atoms with van der Waals surface area (Å²) in [7, 11) is 0. The maximum absolute atomic E-state index is 13.6. The van der Waals surface area contributed by atoms with Crippen molar-refractivity contribution in [2.45, 2.75) is 57.2 Å². The molecule has 0 aromatic heterocycles. The smallest absolute Gasteiger partial charge is 0.220 e. The third-order valence-electron chi connectivity index (χ3n) is 4.93. The zero-order valence-corrected chi connectivity index (χ0v) is 15.8. The standard InChI is InChI=1S/C17H21Cl2FN2O.ClH/c1-9(16-13(18)4-5-14(20)17(16)19)21-15(23)8-10-6-11-2-3-12(7-10)22-11;/h4-5,9-12,22H,2-3,6-8H2,1H3,(H,21,23);1H. The van der Waals surface area contributed by atoms with E-state index in [0.717, 1.165) is 12.8 Å². The molecule has 2 aliphatic heterocycles. The third-order valence-corrected chi connectivity index (χ3v) is 5.65. The zero-order chi connectivity index (χ0) is 16.6. The van der Waals surface area contributed by atoms with Gasteiger partial charge in [-0.3, -0.25) is 4.79 Å². The van der Waals surface area contributed by atoms with E-state index in [9.17, 15) is 9.18 Å². The first-order valence-electron chi connectivity index (χ1n) is 8.13. The van der Waals surface area contributed by atoms with Crippen LogP contribution in [0.5, 0.6) is 0 Å². The number of rotatable bonds is 4. The second kappa shape index (κ2) is 8.22. The second-order valence-corrected chi connectivity index (χ2v) is 7.51. The Morgan fingerprint density at radius 1 is 1.33 bits per heavy atom. The molecule has 1 aromatic rings. The van der Waals surface area contributed by atoms with Gasteiger partial charge in [-0.15, -0.1) is 12.4 Å². The van der Waals surface area contributed by atoms with Gasteiger partial charge in [0.15, 0.2) is 0 Å². The molecule has 2 saturated heterocycles. The number of nitrogens with one attached hydrogen (secondary N) is 2. The van der Waals surface area contributed by atoms with Crippen molar-refractivity contribution in [1.82, 2.24) is 10.6 Å². The van der Waals surface area contributed by atoms with E-state index < -0.39 is 11.9 Å². The molecule has 7 heteroatoms. The van der Waals surface area contributed by atoms with Gasteiger partial charge in [-0.1, -0.05) is 23.2 Å². The number of carbonyl (C=O) groups excluding carboxylic acids is 1. The van der Waals surface area contributed by atoms with Crippen molar-refractivity contribution in [1.29, 1.82) is 0 Å². The number of benzene rings is 1. The lowest BCUT2D eigenvalue weighted by molar-refractivity contribution is -0.122. The van der Waals surface area contributed by atoms with E-state index in [2.05, 4.69) is 10.6 Å². The van der Waals surface area contributed by atoms with Gasteiger partial charge in [0.1, 0.15) is 5.82 Å². The molecule has 3 rings (SSSR count). The van der Waals surface area contributed by atoms with Crippen LogP contribution in [0.25, 0.3) is 0 Å². The van der Waals surface area contributed by atoms with Gasteiger partial charge >= 0.3 is 0 Å². The van der Waals surface area contributed by atoms with Crippen LogP contribution in [0.4, 0.5) is 4.39 Å². The number of hydrogen-bond acceptors (Lipinski definition) is 2. The highest BCUT2D eigenvalue weighted by Gasteiger charge is 2.34. The van der Waals surface area contributed by atoms with E-state index in [4.69, 9.17) is 23.2 Å². The number of hydrogen-bond donors (Lipinski definition) is 2. The van der Waals surface area contributed by atoms with Gasteiger partial charge in [-0.2, -0.15) is 0 Å². The maximum atomic E-state index is 13.6. The highest BCUT2D eigenvalue weighted by molar-refractivity contribution is 6.36. The Balaban J connectivity index is 0.00000208. The number of carbonyl (C=O) groups is 1. The van der Waals surface area contributed by atoms with E-state index in [1.165, 1.54) is 25.0 Å². The Hall–Kier alpha value is -0.550. The van der Waals surface area contributed by atoms with Crippen molar-refractivity contribution in [2.75, 3.05) is 0 Å². The summed E-state index contributed by atoms with van der Waals surface area (Å²) in [6.07, 6.45) is 5.05. The van der Waals surface area contributed by atoms with Gasteiger partial charge in [-0.05, 0) is 50.7 Å². The molecule has 134 valence electrons. The maximum Gasteiger partial charge on any atom is 0.220 e. The second-order valence-electron chi connectivity index (χ2n) is 6.73. The van der Waals surface area contributed by atoms with Crippen molar-refractivity contribution in [3.63, 3.8) is 0 Å². The van der Waals surface area contributed by atoms with Gasteiger partial charge in [0.25, 0.3) is 0 Å². The molecule has 2 aliphatic rings. The van der Waals surface area contributed by atoms with Crippen LogP contribution in [-0.4, -0.2) is 18.0 Å². The summed E-state index contributed by atoms with van der Waals surface area (Å²) in [6.45, 7) is 1.77. The minimum absolute atomic E-state index is 0. The van der Waals surface area contributed by atoms with E-state index in [0.29, 0.717) is 35.0 Å². The summed E-state index contributed by atoms with van der Waals surface area (Å²) in [5.74, 6) is -0.137. The Kier molecular flexibility index (Phi) is 6.77. The largest absolute Gasteiger partial charge is 0.349 e. The van der Waals surface area contributed by atoms with Gasteiger partial charge in [0, 0.05) is 29.1 Å². The lowest BCUT2D eigenvalue weighted by atomic mass is 9.89. The molecule has 0 radical (unpaired) electrons. The first kappa shape index (κ1) is 19.8. The molecule has 2 heterocycles. The minimum atomic E-state index is -0.526. The van der Waals surface area contributed by atoms with Crippen LogP contribution < -0.4 is 10.6 Å². The predicted molar refractivity (Wildman–Crippen MR) is 97.5 cm³/mol. The Bertz CT molecular complexity index is 602. The number of amides is 1. The predicted octanol–water partition coefficient (Wildman–Crippen LogP) is 4.65. The SMILES string of the molecule is CC(NC(=O)CC1CC2CCC(C1)N2)c1c(Cl)ccc(F)c1Cl.Cl. The average molecular weight is 396 g/mol. The van der Waals surface area contributed by atoms with Crippen molar-refractivity contribution in [3.05, 3.63) is 33.6 Å². The summed E-state index contributed by atoms with van der Waals surface area (Å²) in [5, 5.41) is 6.82. The molecular formula is C17H22Cl3FN2O. The van der Waals surface area contributed by atoms with E-state index in [-0.39, 0.29) is 23.3 Å². The normalized spacial score (nSPS) is 26.6. The van der Waals surface area contributed by atoms with Gasteiger partial charge < -0.3 is 10.6 Å². The van der Waals surface area contributed by atoms with E-state index in [1.54, 1.807) is 6.92 Å². The summed E-state index contributed by atoms with van der Waals surface area (Å²) >= 11 is 12.1. The summed E-state index contributed by atoms with van der Waals surface area (Å²) in [6, 6.07) is 3.41. The molecule has 0 spiro atoms. The molecule has 1 amide bonds. The van der Waals surface area contributed by atoms with Crippen molar-refractivity contribution in [2.24, 2.45) is 5.92 Å². The Labute approximate surface area is 158 Å². The van der Waals surface area contributed by atoms with E-state index in [1.807, 2.05) is 0 Å². The summed E-state index contributed by atoms with van der Waals surface area (Å²) < 4.78 is 13.6. The van der Waals surface area contributed by atoms with Gasteiger partial charge in [0.05, 0.1) is 11.1 Å². The monoisotopic (exact) mass is 394 g/mol. The molecule has 3 nitrogen and oxygen atoms in total. The molecule has 2 bridgehead atoms. The van der Waals surface area contributed by atoms with Crippen LogP contribution in [0.2, 0.25) is 10.0 Å². The molecule has 2 N–H and O–H groups in total. The summed E-state index contributed by atoms with van der Waals surface area (Å²) in [4.78, 5) is 12.3. The average Bonchev–Trinajstić information content (AvgIpc) is 2.82. The van der Waals surface area contributed by atoms with Gasteiger partial charge in [0.2, 0.25) is 5.91 Å². The van der Waals surface area contributed by atoms with Crippen molar-refractivity contribution < 1.29 is 9.18 Å². The van der Waals surface area contributed by atoms with E-state index >= 15 is 0 Å². The third kappa shape index (κ3) is 4.34. The minimum Gasteiger partial charge on any atom is -0.349 e. The highest BCUT2D eigenvalue weighted by atomic mass is 35.5. The molecule has 24 heavy (non-hydrogen) atoms. The fraction of sp³-hybridized carbons (Fsp3) is 0.588. The highest BCUT2D eigenvalue weighted by Crippen LogP contribution is 2.34. The van der Waals surface area contributed by atoms with Crippen LogP contribution in [0.3, 0.4) is 0 Å². The molecule has 0 aliphatic carbocycles. The number of piperidine rings is 1. The molecule has 1 aromatic carbocycles. The van der Waals surface area contributed by atoms with Crippen molar-refractivity contribution >= 4 is 41.5 Å². The molecule has 2 fully saturated rings. The fourth-order valence-electron chi connectivity index (χ4n) is 3.92. The van der Waals surface area contributed by atoms with Crippen LogP contribution >= 0.6 is 35.6 Å². The lowest BCUT2D eigenvalue weighted by Crippen LogP contribution is -2.40. The van der Waals surface area contributed by atoms with Crippen LogP contribution in [0.1, 0.15) is 50.6 Å². The number of halogens is 4. The quantitative estimate of drug-likeness (QED) is 0.728. The van der Waals surface area contributed by atoms with Crippen molar-refractivity contribution in [3.8, 4) is 0 Å². The number of fused-ring (bicyclic) bond motifs is 2.